The van der Waals surface area contributed by atoms with Gasteiger partial charge in [0.25, 0.3) is 0 Å². The Morgan fingerprint density at radius 2 is 1.63 bits per heavy atom. The van der Waals surface area contributed by atoms with Crippen LogP contribution in [-0.4, -0.2) is 33.4 Å². The molecular formula is C14H18O4Si. The number of benzene rings is 1. The van der Waals surface area contributed by atoms with Crippen LogP contribution in [0.25, 0.3) is 0 Å². The largest absolute Gasteiger partial charge is 0.496 e. The van der Waals surface area contributed by atoms with Crippen LogP contribution in [0.1, 0.15) is 15.9 Å². The van der Waals surface area contributed by atoms with Crippen molar-refractivity contribution in [3.63, 3.8) is 0 Å². The molecule has 102 valence electrons. The molecule has 1 N–H and O–H groups in total. The van der Waals surface area contributed by atoms with E-state index in [0.29, 0.717) is 5.56 Å². The van der Waals surface area contributed by atoms with Crippen LogP contribution >= 0.6 is 0 Å². The highest BCUT2D eigenvalue weighted by molar-refractivity contribution is 6.83. The molecule has 0 aliphatic carbocycles. The van der Waals surface area contributed by atoms with Crippen LogP contribution in [-0.2, 0) is 0 Å². The fourth-order valence-electron chi connectivity index (χ4n) is 1.45. The van der Waals surface area contributed by atoms with Gasteiger partial charge >= 0.3 is 5.97 Å². The highest BCUT2D eigenvalue weighted by Gasteiger charge is 2.18. The summed E-state index contributed by atoms with van der Waals surface area (Å²) in [5, 5.41) is 9.17. The van der Waals surface area contributed by atoms with Gasteiger partial charge in [-0.2, -0.15) is 0 Å². The summed E-state index contributed by atoms with van der Waals surface area (Å²) in [5.41, 5.74) is 3.93. The Morgan fingerprint density at radius 1 is 1.16 bits per heavy atom. The van der Waals surface area contributed by atoms with Gasteiger partial charge in [0.15, 0.2) is 0 Å². The van der Waals surface area contributed by atoms with Crippen LogP contribution in [0.5, 0.6) is 11.5 Å². The van der Waals surface area contributed by atoms with Crippen molar-refractivity contribution in [3.8, 4) is 23.0 Å². The lowest BCUT2D eigenvalue weighted by Gasteiger charge is -2.11. The van der Waals surface area contributed by atoms with E-state index in [0.717, 1.165) is 0 Å². The number of ether oxygens (including phenoxy) is 2. The Bertz CT molecular complexity index is 522. The second kappa shape index (κ2) is 5.80. The van der Waals surface area contributed by atoms with Crippen LogP contribution < -0.4 is 9.47 Å². The number of hydrogen-bond donors (Lipinski definition) is 1. The molecule has 0 saturated heterocycles. The molecule has 4 nitrogen and oxygen atoms in total. The topological polar surface area (TPSA) is 55.8 Å². The standard InChI is InChI=1S/C14H18O4Si/c1-17-11-8-10(6-7-19(3,4)5)9-12(18-2)13(11)14(15)16/h8-9H,1-5H3,(H,15,16). The molecule has 1 aromatic carbocycles. The van der Waals surface area contributed by atoms with Crippen LogP contribution in [0.4, 0.5) is 0 Å². The molecule has 19 heavy (non-hydrogen) atoms. The number of rotatable bonds is 3. The van der Waals surface area contributed by atoms with Gasteiger partial charge in [-0.25, -0.2) is 4.79 Å². The van der Waals surface area contributed by atoms with Crippen molar-refractivity contribution in [1.82, 2.24) is 0 Å². The van der Waals surface area contributed by atoms with Gasteiger partial charge in [0.2, 0.25) is 0 Å². The van der Waals surface area contributed by atoms with Crippen LogP contribution in [0.15, 0.2) is 12.1 Å². The molecule has 1 rings (SSSR count). The van der Waals surface area contributed by atoms with Crippen molar-refractivity contribution >= 4 is 14.0 Å². The van der Waals surface area contributed by atoms with Crippen LogP contribution in [0, 0.1) is 11.5 Å². The Labute approximate surface area is 114 Å². The highest BCUT2D eigenvalue weighted by Crippen LogP contribution is 2.30. The normalized spacial score (nSPS) is 10.4. The van der Waals surface area contributed by atoms with Crippen molar-refractivity contribution in [2.24, 2.45) is 0 Å². The first-order valence-corrected chi connectivity index (χ1v) is 9.31. The van der Waals surface area contributed by atoms with Gasteiger partial charge < -0.3 is 14.6 Å². The Morgan fingerprint density at radius 3 is 1.95 bits per heavy atom. The molecule has 1 aromatic rings. The summed E-state index contributed by atoms with van der Waals surface area (Å²) in [6, 6.07) is 3.25. The zero-order valence-corrected chi connectivity index (χ0v) is 12.8. The molecule has 0 aliphatic rings. The zero-order chi connectivity index (χ0) is 14.6. The molecule has 0 atom stereocenters. The summed E-state index contributed by atoms with van der Waals surface area (Å²) in [5.74, 6) is 2.49. The summed E-state index contributed by atoms with van der Waals surface area (Å²) in [7, 11) is 1.37. The molecule has 0 bridgehead atoms. The third kappa shape index (κ3) is 4.04. The summed E-state index contributed by atoms with van der Waals surface area (Å²) < 4.78 is 10.2. The van der Waals surface area contributed by atoms with Crippen LogP contribution in [0.2, 0.25) is 19.6 Å². The molecule has 0 spiro atoms. The van der Waals surface area contributed by atoms with Gasteiger partial charge in [-0.3, -0.25) is 0 Å². The molecule has 0 heterocycles. The summed E-state index contributed by atoms with van der Waals surface area (Å²) >= 11 is 0. The monoisotopic (exact) mass is 278 g/mol. The van der Waals surface area contributed by atoms with Crippen molar-refractivity contribution in [2.75, 3.05) is 14.2 Å². The molecule has 0 fully saturated rings. The number of carboxylic acid groups (broad SMARTS) is 1. The second-order valence-electron chi connectivity index (χ2n) is 5.06. The maximum Gasteiger partial charge on any atom is 0.343 e. The van der Waals surface area contributed by atoms with E-state index in [9.17, 15) is 4.79 Å². The Balaban J connectivity index is 3.38. The van der Waals surface area contributed by atoms with E-state index in [2.05, 4.69) is 31.1 Å². The first-order valence-electron chi connectivity index (χ1n) is 5.81. The quantitative estimate of drug-likeness (QED) is 0.682. The molecule has 0 unspecified atom stereocenters. The number of carboxylic acids is 1. The van der Waals surface area contributed by atoms with E-state index in [-0.39, 0.29) is 17.1 Å². The first kappa shape index (κ1) is 15.1. The lowest BCUT2D eigenvalue weighted by molar-refractivity contribution is 0.0689. The molecule has 0 aromatic heterocycles. The Kier molecular flexibility index (Phi) is 4.62. The van der Waals surface area contributed by atoms with E-state index in [4.69, 9.17) is 14.6 Å². The van der Waals surface area contributed by atoms with Crippen molar-refractivity contribution in [2.45, 2.75) is 19.6 Å². The minimum atomic E-state index is -1.49. The van der Waals surface area contributed by atoms with Gasteiger partial charge in [-0.15, -0.1) is 5.54 Å². The highest BCUT2D eigenvalue weighted by atomic mass is 28.3. The van der Waals surface area contributed by atoms with Crippen molar-refractivity contribution in [3.05, 3.63) is 23.3 Å². The maximum absolute atomic E-state index is 11.2. The summed E-state index contributed by atoms with van der Waals surface area (Å²) in [4.78, 5) is 11.2. The minimum Gasteiger partial charge on any atom is -0.496 e. The van der Waals surface area contributed by atoms with Gasteiger partial charge in [0, 0.05) is 5.56 Å². The van der Waals surface area contributed by atoms with Gasteiger partial charge in [-0.1, -0.05) is 25.6 Å². The average Bonchev–Trinajstić information content (AvgIpc) is 2.33. The summed E-state index contributed by atoms with van der Waals surface area (Å²) in [6.45, 7) is 6.42. The zero-order valence-electron chi connectivity index (χ0n) is 11.8. The van der Waals surface area contributed by atoms with Crippen molar-refractivity contribution in [1.29, 1.82) is 0 Å². The Hall–Kier alpha value is -1.93. The van der Waals surface area contributed by atoms with Gasteiger partial charge in [-0.05, 0) is 12.1 Å². The number of carbonyl (C=O) groups is 1. The van der Waals surface area contributed by atoms with E-state index in [1.807, 2.05) is 0 Å². The van der Waals surface area contributed by atoms with E-state index in [1.54, 1.807) is 12.1 Å². The second-order valence-corrected chi connectivity index (χ2v) is 9.81. The lowest BCUT2D eigenvalue weighted by atomic mass is 10.1. The van der Waals surface area contributed by atoms with E-state index < -0.39 is 14.0 Å². The molecule has 0 saturated carbocycles. The predicted molar refractivity (Wildman–Crippen MR) is 76.7 cm³/mol. The number of methoxy groups -OCH3 is 2. The van der Waals surface area contributed by atoms with Crippen molar-refractivity contribution < 1.29 is 19.4 Å². The number of hydrogen-bond acceptors (Lipinski definition) is 3. The fourth-order valence-corrected chi connectivity index (χ4v) is 1.97. The van der Waals surface area contributed by atoms with Gasteiger partial charge in [0.1, 0.15) is 25.1 Å². The molecular weight excluding hydrogens is 260 g/mol. The third-order valence-corrected chi connectivity index (χ3v) is 3.18. The van der Waals surface area contributed by atoms with Gasteiger partial charge in [0.05, 0.1) is 14.2 Å². The lowest BCUT2D eigenvalue weighted by Crippen LogP contribution is -2.16. The average molecular weight is 278 g/mol. The van der Waals surface area contributed by atoms with E-state index >= 15 is 0 Å². The minimum absolute atomic E-state index is 0.0172. The predicted octanol–water partition coefficient (Wildman–Crippen LogP) is 2.63. The summed E-state index contributed by atoms with van der Waals surface area (Å²) in [6.07, 6.45) is 0. The fraction of sp³-hybridized carbons (Fsp3) is 0.357. The third-order valence-electron chi connectivity index (χ3n) is 2.30. The molecule has 0 amide bonds. The molecule has 0 radical (unpaired) electrons. The SMILES string of the molecule is COc1cc(C#C[Si](C)(C)C)cc(OC)c1C(=O)O. The maximum atomic E-state index is 11.2. The number of aromatic carboxylic acids is 1. The first-order chi connectivity index (χ1) is 8.78. The molecule has 0 aliphatic heterocycles. The van der Waals surface area contributed by atoms with Crippen LogP contribution in [0.3, 0.4) is 0 Å². The smallest absolute Gasteiger partial charge is 0.343 e. The molecule has 5 heteroatoms. The van der Waals surface area contributed by atoms with E-state index in [1.165, 1.54) is 14.2 Å².